The third-order valence-corrected chi connectivity index (χ3v) is 3.85. The molecule has 0 atom stereocenters. The second kappa shape index (κ2) is 6.69. The minimum Gasteiger partial charge on any atom is -0.286 e. The summed E-state index contributed by atoms with van der Waals surface area (Å²) >= 11 is 0. The van der Waals surface area contributed by atoms with Crippen molar-refractivity contribution in [3.63, 3.8) is 0 Å². The largest absolute Gasteiger partial charge is 0.286 e. The Morgan fingerprint density at radius 2 is 1.10 bits per heavy atom. The first-order chi connectivity index (χ1) is 9.90. The summed E-state index contributed by atoms with van der Waals surface area (Å²) in [7, 11) is 0. The van der Waals surface area contributed by atoms with Crippen LogP contribution in [-0.4, -0.2) is 29.6 Å². The van der Waals surface area contributed by atoms with Crippen molar-refractivity contribution in [2.75, 3.05) is 19.8 Å². The number of rotatable bonds is 4. The molecule has 1 heterocycles. The molecule has 2 aromatic carbocycles. The van der Waals surface area contributed by atoms with Crippen molar-refractivity contribution in [3.05, 3.63) is 71.8 Å². The van der Waals surface area contributed by atoms with Gasteiger partial charge in [-0.1, -0.05) is 60.7 Å². The lowest BCUT2D eigenvalue weighted by molar-refractivity contribution is 0.0746. The Kier molecular flexibility index (Phi) is 4.46. The van der Waals surface area contributed by atoms with Crippen molar-refractivity contribution in [3.8, 4) is 0 Å². The van der Waals surface area contributed by atoms with Gasteiger partial charge in [0.15, 0.2) is 0 Å². The highest BCUT2D eigenvalue weighted by Gasteiger charge is 2.17. The maximum atomic E-state index is 2.54. The molecule has 1 aliphatic rings. The summed E-state index contributed by atoms with van der Waals surface area (Å²) in [6.07, 6.45) is 1.26. The van der Waals surface area contributed by atoms with Crippen LogP contribution in [0.4, 0.5) is 0 Å². The van der Waals surface area contributed by atoms with E-state index in [-0.39, 0.29) is 0 Å². The normalized spacial score (nSPS) is 17.2. The number of hydrogen-bond acceptors (Lipinski definition) is 2. The monoisotopic (exact) mass is 266 g/mol. The van der Waals surface area contributed by atoms with Gasteiger partial charge in [0.2, 0.25) is 0 Å². The summed E-state index contributed by atoms with van der Waals surface area (Å²) in [5.74, 6) is 0. The van der Waals surface area contributed by atoms with Crippen LogP contribution < -0.4 is 0 Å². The molecule has 2 heteroatoms. The Hall–Kier alpha value is -1.64. The van der Waals surface area contributed by atoms with E-state index in [2.05, 4.69) is 70.5 Å². The van der Waals surface area contributed by atoms with Gasteiger partial charge in [0.25, 0.3) is 0 Å². The predicted octanol–water partition coefficient (Wildman–Crippen LogP) is 3.35. The third-order valence-electron chi connectivity index (χ3n) is 3.85. The van der Waals surface area contributed by atoms with Crippen LogP contribution in [0.1, 0.15) is 17.5 Å². The van der Waals surface area contributed by atoms with Crippen molar-refractivity contribution in [1.82, 2.24) is 9.80 Å². The molecule has 1 aliphatic heterocycles. The number of benzene rings is 2. The van der Waals surface area contributed by atoms with Gasteiger partial charge in [-0.2, -0.15) is 0 Å². The van der Waals surface area contributed by atoms with E-state index in [0.717, 1.165) is 19.8 Å². The zero-order chi connectivity index (χ0) is 13.6. The average molecular weight is 266 g/mol. The van der Waals surface area contributed by atoms with Crippen LogP contribution in [0.15, 0.2) is 60.7 Å². The van der Waals surface area contributed by atoms with E-state index in [1.807, 2.05) is 0 Å². The smallest absolute Gasteiger partial charge is 0.0512 e. The van der Waals surface area contributed by atoms with Crippen LogP contribution >= 0.6 is 0 Å². The fraction of sp³-hybridized carbons (Fsp3) is 0.333. The maximum absolute atomic E-state index is 2.54. The van der Waals surface area contributed by atoms with Crippen molar-refractivity contribution >= 4 is 0 Å². The first-order valence-electron chi connectivity index (χ1n) is 7.43. The molecule has 20 heavy (non-hydrogen) atoms. The van der Waals surface area contributed by atoms with Gasteiger partial charge in [0.1, 0.15) is 0 Å². The molecule has 2 nitrogen and oxygen atoms in total. The fourth-order valence-corrected chi connectivity index (χ4v) is 2.88. The number of nitrogens with zero attached hydrogens (tertiary/aromatic N) is 2. The molecule has 0 bridgehead atoms. The van der Waals surface area contributed by atoms with Crippen molar-refractivity contribution < 1.29 is 0 Å². The SMILES string of the molecule is c1ccc(CN2CCCN(Cc3ccccc3)C2)cc1. The van der Waals surface area contributed by atoms with Gasteiger partial charge in [-0.15, -0.1) is 0 Å². The second-order valence-corrected chi connectivity index (χ2v) is 5.57. The van der Waals surface area contributed by atoms with E-state index in [9.17, 15) is 0 Å². The molecule has 0 spiro atoms. The van der Waals surface area contributed by atoms with E-state index < -0.39 is 0 Å². The van der Waals surface area contributed by atoms with Crippen molar-refractivity contribution in [1.29, 1.82) is 0 Å². The lowest BCUT2D eigenvalue weighted by atomic mass is 10.1. The minimum absolute atomic E-state index is 1.06. The van der Waals surface area contributed by atoms with Crippen LogP contribution in [0.5, 0.6) is 0 Å². The van der Waals surface area contributed by atoms with Crippen LogP contribution in [0.25, 0.3) is 0 Å². The Labute approximate surface area is 121 Å². The van der Waals surface area contributed by atoms with Crippen LogP contribution in [0.2, 0.25) is 0 Å². The molecule has 2 aromatic rings. The first kappa shape index (κ1) is 13.3. The van der Waals surface area contributed by atoms with Crippen molar-refractivity contribution in [2.45, 2.75) is 19.5 Å². The molecule has 0 aromatic heterocycles. The Morgan fingerprint density at radius 3 is 1.55 bits per heavy atom. The van der Waals surface area contributed by atoms with Gasteiger partial charge in [0, 0.05) is 26.2 Å². The summed E-state index contributed by atoms with van der Waals surface area (Å²) < 4.78 is 0. The third kappa shape index (κ3) is 3.69. The molecule has 1 fully saturated rings. The molecular formula is C18H22N2. The molecule has 0 amide bonds. The molecule has 3 rings (SSSR count). The molecule has 0 saturated carbocycles. The van der Waals surface area contributed by atoms with Crippen LogP contribution in [-0.2, 0) is 13.1 Å². The first-order valence-corrected chi connectivity index (χ1v) is 7.43. The average Bonchev–Trinajstić information content (AvgIpc) is 2.50. The highest BCUT2D eigenvalue weighted by Crippen LogP contribution is 2.13. The minimum atomic E-state index is 1.06. The summed E-state index contributed by atoms with van der Waals surface area (Å²) in [5, 5.41) is 0. The Bertz CT molecular complexity index is 462. The molecule has 0 unspecified atom stereocenters. The highest BCUT2D eigenvalue weighted by molar-refractivity contribution is 5.15. The molecule has 104 valence electrons. The summed E-state index contributed by atoms with van der Waals surface area (Å²) in [5.41, 5.74) is 2.82. The quantitative estimate of drug-likeness (QED) is 0.837. The van der Waals surface area contributed by atoms with Crippen LogP contribution in [0.3, 0.4) is 0 Å². The summed E-state index contributed by atoms with van der Waals surface area (Å²) in [6, 6.07) is 21.5. The standard InChI is InChI=1S/C18H22N2/c1-3-8-17(9-4-1)14-19-12-7-13-20(16-19)15-18-10-5-2-6-11-18/h1-6,8-11H,7,12-16H2. The van der Waals surface area contributed by atoms with Gasteiger partial charge >= 0.3 is 0 Å². The zero-order valence-corrected chi connectivity index (χ0v) is 11.9. The topological polar surface area (TPSA) is 6.48 Å². The summed E-state index contributed by atoms with van der Waals surface area (Å²) in [6.45, 7) is 5.61. The predicted molar refractivity (Wildman–Crippen MR) is 83.2 cm³/mol. The molecule has 0 N–H and O–H groups in total. The van der Waals surface area contributed by atoms with Gasteiger partial charge < -0.3 is 0 Å². The molecule has 0 radical (unpaired) electrons. The maximum Gasteiger partial charge on any atom is 0.0512 e. The Balaban J connectivity index is 1.57. The second-order valence-electron chi connectivity index (χ2n) is 5.57. The number of hydrogen-bond donors (Lipinski definition) is 0. The lowest BCUT2D eigenvalue weighted by Crippen LogP contribution is -2.43. The lowest BCUT2D eigenvalue weighted by Gasteiger charge is -2.35. The van der Waals surface area contributed by atoms with E-state index in [1.165, 1.54) is 30.6 Å². The molecular weight excluding hydrogens is 244 g/mol. The van der Waals surface area contributed by atoms with Crippen LogP contribution in [0, 0.1) is 0 Å². The Morgan fingerprint density at radius 1 is 0.650 bits per heavy atom. The van der Waals surface area contributed by atoms with E-state index in [0.29, 0.717) is 0 Å². The molecule has 1 saturated heterocycles. The zero-order valence-electron chi connectivity index (χ0n) is 11.9. The van der Waals surface area contributed by atoms with Gasteiger partial charge in [-0.3, -0.25) is 9.80 Å². The highest BCUT2D eigenvalue weighted by atomic mass is 15.3. The summed E-state index contributed by atoms with van der Waals surface area (Å²) in [4.78, 5) is 5.09. The van der Waals surface area contributed by atoms with Crippen molar-refractivity contribution in [2.24, 2.45) is 0 Å². The fourth-order valence-electron chi connectivity index (χ4n) is 2.88. The molecule has 0 aliphatic carbocycles. The van der Waals surface area contributed by atoms with Gasteiger partial charge in [-0.25, -0.2) is 0 Å². The van der Waals surface area contributed by atoms with Gasteiger partial charge in [0.05, 0.1) is 6.67 Å². The van der Waals surface area contributed by atoms with Gasteiger partial charge in [-0.05, 0) is 17.5 Å². The van der Waals surface area contributed by atoms with E-state index >= 15 is 0 Å². The van der Waals surface area contributed by atoms with E-state index in [1.54, 1.807) is 0 Å². The van der Waals surface area contributed by atoms with E-state index in [4.69, 9.17) is 0 Å².